The number of halogens is 2. The maximum Gasteiger partial charge on any atom is 0.235 e. The van der Waals surface area contributed by atoms with Crippen LogP contribution < -0.4 is 5.32 Å². The number of hydrogen-bond acceptors (Lipinski definition) is 4. The minimum absolute atomic E-state index is 0.193. The van der Waals surface area contributed by atoms with Crippen molar-refractivity contribution in [3.05, 3.63) is 46.8 Å². The molecule has 1 aromatic heterocycles. The van der Waals surface area contributed by atoms with E-state index in [1.807, 2.05) is 0 Å². The van der Waals surface area contributed by atoms with Gasteiger partial charge in [-0.15, -0.1) is 11.8 Å². The van der Waals surface area contributed by atoms with Crippen LogP contribution in [0.1, 0.15) is 0 Å². The summed E-state index contributed by atoms with van der Waals surface area (Å²) in [5.74, 6) is 0.417. The van der Waals surface area contributed by atoms with E-state index in [0.29, 0.717) is 20.8 Å². The summed E-state index contributed by atoms with van der Waals surface area (Å²) in [6, 6.07) is 5.22. The van der Waals surface area contributed by atoms with Gasteiger partial charge >= 0.3 is 0 Å². The molecule has 0 atom stereocenters. The van der Waals surface area contributed by atoms with Crippen molar-refractivity contribution >= 4 is 46.7 Å². The lowest BCUT2D eigenvalue weighted by atomic mass is 10.4. The quantitative estimate of drug-likeness (QED) is 0.877. The van der Waals surface area contributed by atoms with Crippen LogP contribution >= 0.6 is 35.0 Å². The summed E-state index contributed by atoms with van der Waals surface area (Å²) >= 11 is 13.3. The summed E-state index contributed by atoms with van der Waals surface area (Å²) in [6.07, 6.45) is 4.52. The van der Waals surface area contributed by atoms with Gasteiger partial charge in [-0.2, -0.15) is 0 Å². The molecule has 2 rings (SSSR count). The Kier molecular flexibility index (Phi) is 5.01. The van der Waals surface area contributed by atoms with E-state index in [9.17, 15) is 4.79 Å². The molecular formula is C12H9Cl2N3OS. The zero-order valence-corrected chi connectivity index (χ0v) is 12.0. The number of nitrogens with zero attached hydrogens (tertiary/aromatic N) is 2. The van der Waals surface area contributed by atoms with E-state index in [1.54, 1.807) is 18.2 Å². The molecule has 0 saturated heterocycles. The zero-order valence-electron chi connectivity index (χ0n) is 9.64. The first kappa shape index (κ1) is 14.1. The molecule has 19 heavy (non-hydrogen) atoms. The average molecular weight is 314 g/mol. The Balaban J connectivity index is 1.94. The van der Waals surface area contributed by atoms with Crippen LogP contribution in [0, 0.1) is 0 Å². The highest BCUT2D eigenvalue weighted by molar-refractivity contribution is 8.00. The molecule has 0 aliphatic carbocycles. The Labute approximate surface area is 124 Å². The third-order valence-corrected chi connectivity index (χ3v) is 4.09. The van der Waals surface area contributed by atoms with Crippen LogP contribution in [0.25, 0.3) is 0 Å². The number of anilines is 1. The minimum Gasteiger partial charge on any atom is -0.309 e. The number of hydrogen-bond donors (Lipinski definition) is 1. The molecule has 7 heteroatoms. The van der Waals surface area contributed by atoms with Crippen molar-refractivity contribution in [2.45, 2.75) is 4.90 Å². The Morgan fingerprint density at radius 2 is 2.00 bits per heavy atom. The lowest BCUT2D eigenvalue weighted by Crippen LogP contribution is -2.15. The molecule has 0 aliphatic rings. The first-order valence-corrected chi connectivity index (χ1v) is 7.03. The molecular weight excluding hydrogens is 305 g/mol. The second-order valence-corrected chi connectivity index (χ2v) is 5.28. The van der Waals surface area contributed by atoms with Crippen molar-refractivity contribution in [1.82, 2.24) is 9.97 Å². The van der Waals surface area contributed by atoms with Gasteiger partial charge in [-0.25, -0.2) is 4.98 Å². The third kappa shape index (κ3) is 4.09. The van der Waals surface area contributed by atoms with Gasteiger partial charge in [0, 0.05) is 17.3 Å². The highest BCUT2D eigenvalue weighted by Crippen LogP contribution is 2.33. The van der Waals surface area contributed by atoms with Crippen molar-refractivity contribution in [3.63, 3.8) is 0 Å². The Hall–Kier alpha value is -1.30. The van der Waals surface area contributed by atoms with E-state index in [4.69, 9.17) is 23.2 Å². The normalized spacial score (nSPS) is 10.2. The first-order valence-electron chi connectivity index (χ1n) is 5.29. The lowest BCUT2D eigenvalue weighted by Gasteiger charge is -2.06. The number of thioether (sulfide) groups is 1. The predicted octanol–water partition coefficient (Wildman–Crippen LogP) is 3.51. The lowest BCUT2D eigenvalue weighted by molar-refractivity contribution is -0.113. The highest BCUT2D eigenvalue weighted by Gasteiger charge is 2.09. The first-order chi connectivity index (χ1) is 9.16. The van der Waals surface area contributed by atoms with Gasteiger partial charge in [0.15, 0.2) is 5.82 Å². The summed E-state index contributed by atoms with van der Waals surface area (Å²) in [7, 11) is 0. The number of nitrogens with one attached hydrogen (secondary N) is 1. The number of aromatic nitrogens is 2. The molecule has 0 unspecified atom stereocenters. The van der Waals surface area contributed by atoms with Crippen molar-refractivity contribution in [2.75, 3.05) is 11.1 Å². The smallest absolute Gasteiger partial charge is 0.235 e. The maximum absolute atomic E-state index is 11.7. The second-order valence-electron chi connectivity index (χ2n) is 3.48. The van der Waals surface area contributed by atoms with Gasteiger partial charge in [-0.3, -0.25) is 9.78 Å². The van der Waals surface area contributed by atoms with Gasteiger partial charge in [0.05, 0.1) is 22.0 Å². The monoisotopic (exact) mass is 313 g/mol. The van der Waals surface area contributed by atoms with Crippen LogP contribution in [0.15, 0.2) is 41.7 Å². The van der Waals surface area contributed by atoms with Crippen LogP contribution in [-0.4, -0.2) is 21.6 Å². The minimum atomic E-state index is -0.193. The fourth-order valence-corrected chi connectivity index (χ4v) is 2.78. The molecule has 1 N–H and O–H groups in total. The summed E-state index contributed by atoms with van der Waals surface area (Å²) in [6.45, 7) is 0. The third-order valence-electron chi connectivity index (χ3n) is 2.10. The molecule has 1 amide bonds. The van der Waals surface area contributed by atoms with Gasteiger partial charge in [0.2, 0.25) is 5.91 Å². The largest absolute Gasteiger partial charge is 0.309 e. The Morgan fingerprint density at radius 1 is 1.26 bits per heavy atom. The van der Waals surface area contributed by atoms with Gasteiger partial charge in [0.1, 0.15) is 0 Å². The maximum atomic E-state index is 11.7. The highest BCUT2D eigenvalue weighted by atomic mass is 35.5. The van der Waals surface area contributed by atoms with Gasteiger partial charge < -0.3 is 5.32 Å². The molecule has 1 aromatic carbocycles. The molecule has 4 nitrogen and oxygen atoms in total. The zero-order chi connectivity index (χ0) is 13.7. The second kappa shape index (κ2) is 6.75. The fraction of sp³-hybridized carbons (Fsp3) is 0.0833. The molecule has 0 radical (unpaired) electrons. The number of amides is 1. The molecule has 98 valence electrons. The standard InChI is InChI=1S/C12H9Cl2N3OS/c13-8-2-1-3-9(14)12(8)19-7-11(18)17-10-6-15-4-5-16-10/h1-6H,7H2,(H,16,17,18). The van der Waals surface area contributed by atoms with Gasteiger partial charge in [-0.1, -0.05) is 29.3 Å². The van der Waals surface area contributed by atoms with Gasteiger partial charge in [0.25, 0.3) is 0 Å². The Bertz CT molecular complexity index is 560. The molecule has 2 aromatic rings. The van der Waals surface area contributed by atoms with Crippen LogP contribution in [0.4, 0.5) is 5.82 Å². The van der Waals surface area contributed by atoms with E-state index in [-0.39, 0.29) is 11.7 Å². The SMILES string of the molecule is O=C(CSc1c(Cl)cccc1Cl)Nc1cnccn1. The number of carbonyl (C=O) groups excluding carboxylic acids is 1. The molecule has 0 fully saturated rings. The molecule has 0 aliphatic heterocycles. The van der Waals surface area contributed by atoms with Gasteiger partial charge in [-0.05, 0) is 12.1 Å². The topological polar surface area (TPSA) is 54.9 Å². The van der Waals surface area contributed by atoms with Crippen molar-refractivity contribution < 1.29 is 4.79 Å². The molecule has 0 spiro atoms. The van der Waals surface area contributed by atoms with Crippen LogP contribution in [-0.2, 0) is 4.79 Å². The summed E-state index contributed by atoms with van der Waals surface area (Å²) < 4.78 is 0. The number of rotatable bonds is 4. The summed E-state index contributed by atoms with van der Waals surface area (Å²) in [5, 5.41) is 3.70. The molecule has 1 heterocycles. The average Bonchev–Trinajstić information content (AvgIpc) is 2.39. The number of carbonyl (C=O) groups is 1. The van der Waals surface area contributed by atoms with Crippen LogP contribution in [0.2, 0.25) is 10.0 Å². The van der Waals surface area contributed by atoms with Crippen molar-refractivity contribution in [1.29, 1.82) is 0 Å². The molecule has 0 bridgehead atoms. The summed E-state index contributed by atoms with van der Waals surface area (Å²) in [4.78, 5) is 20.2. The van der Waals surface area contributed by atoms with Crippen molar-refractivity contribution in [3.8, 4) is 0 Å². The fourth-order valence-electron chi connectivity index (χ4n) is 1.30. The van der Waals surface area contributed by atoms with E-state index < -0.39 is 0 Å². The predicted molar refractivity (Wildman–Crippen MR) is 77.8 cm³/mol. The van der Waals surface area contributed by atoms with E-state index >= 15 is 0 Å². The Morgan fingerprint density at radius 3 is 2.63 bits per heavy atom. The van der Waals surface area contributed by atoms with E-state index in [0.717, 1.165) is 0 Å². The van der Waals surface area contributed by atoms with Crippen molar-refractivity contribution in [2.24, 2.45) is 0 Å². The van der Waals surface area contributed by atoms with Crippen LogP contribution in [0.5, 0.6) is 0 Å². The number of benzene rings is 1. The van der Waals surface area contributed by atoms with E-state index in [1.165, 1.54) is 30.4 Å². The van der Waals surface area contributed by atoms with E-state index in [2.05, 4.69) is 15.3 Å². The summed E-state index contributed by atoms with van der Waals surface area (Å²) in [5.41, 5.74) is 0. The van der Waals surface area contributed by atoms with Crippen LogP contribution in [0.3, 0.4) is 0 Å². The molecule has 0 saturated carbocycles.